The molecule has 1 unspecified atom stereocenters. The van der Waals surface area contributed by atoms with E-state index in [0.29, 0.717) is 17.7 Å². The minimum atomic E-state index is -0.445. The lowest BCUT2D eigenvalue weighted by atomic mass is 10.1. The average Bonchev–Trinajstić information content (AvgIpc) is 2.91. The Morgan fingerprint density at radius 2 is 2.35 bits per heavy atom. The van der Waals surface area contributed by atoms with Crippen molar-refractivity contribution in [2.45, 2.75) is 25.5 Å². The van der Waals surface area contributed by atoms with Gasteiger partial charge in [0.2, 0.25) is 0 Å². The molecule has 0 amide bonds. The topological polar surface area (TPSA) is 70.2 Å². The molecule has 20 heavy (non-hydrogen) atoms. The normalized spacial score (nSPS) is 18.9. The number of nitro groups is 1. The molecule has 6 nitrogen and oxygen atoms in total. The van der Waals surface area contributed by atoms with Gasteiger partial charge in [0.15, 0.2) is 6.23 Å². The van der Waals surface area contributed by atoms with Crippen LogP contribution in [0.5, 0.6) is 0 Å². The van der Waals surface area contributed by atoms with Gasteiger partial charge in [-0.1, -0.05) is 5.92 Å². The van der Waals surface area contributed by atoms with Crippen molar-refractivity contribution in [3.8, 4) is 12.3 Å². The first-order valence-corrected chi connectivity index (χ1v) is 6.44. The Kier molecular flexibility index (Phi) is 3.12. The summed E-state index contributed by atoms with van der Waals surface area (Å²) in [6.07, 6.45) is 9.85. The van der Waals surface area contributed by atoms with Gasteiger partial charge in [-0.05, 0) is 19.3 Å². The van der Waals surface area contributed by atoms with Crippen molar-refractivity contribution in [2.24, 2.45) is 0 Å². The van der Waals surface area contributed by atoms with Crippen LogP contribution in [0.3, 0.4) is 0 Å². The minimum absolute atomic E-state index is 0.0250. The van der Waals surface area contributed by atoms with Crippen LogP contribution < -0.4 is 0 Å². The molecule has 0 N–H and O–H groups in total. The van der Waals surface area contributed by atoms with Crippen LogP contribution >= 0.6 is 0 Å². The van der Waals surface area contributed by atoms with E-state index >= 15 is 0 Å². The lowest BCUT2D eigenvalue weighted by Gasteiger charge is -2.23. The van der Waals surface area contributed by atoms with E-state index in [2.05, 4.69) is 11.0 Å². The molecule has 1 aliphatic rings. The number of fused-ring (bicyclic) bond motifs is 1. The third-order valence-electron chi connectivity index (χ3n) is 3.50. The maximum Gasteiger partial charge on any atom is 0.272 e. The van der Waals surface area contributed by atoms with Gasteiger partial charge in [0.25, 0.3) is 5.69 Å². The second kappa shape index (κ2) is 4.94. The van der Waals surface area contributed by atoms with E-state index in [1.807, 2.05) is 0 Å². The summed E-state index contributed by atoms with van der Waals surface area (Å²) in [6.45, 7) is 0.683. The summed E-state index contributed by atoms with van der Waals surface area (Å²) in [4.78, 5) is 10.6. The highest BCUT2D eigenvalue weighted by atomic mass is 16.6. The maximum atomic E-state index is 11.0. The number of rotatable bonds is 2. The summed E-state index contributed by atoms with van der Waals surface area (Å²) in [5, 5.41) is 16.0. The van der Waals surface area contributed by atoms with E-state index in [9.17, 15) is 10.1 Å². The predicted molar refractivity (Wildman–Crippen MR) is 73.2 cm³/mol. The van der Waals surface area contributed by atoms with Crippen LogP contribution in [0.2, 0.25) is 0 Å². The molecule has 0 spiro atoms. The van der Waals surface area contributed by atoms with Crippen molar-refractivity contribution in [3.05, 3.63) is 34.0 Å². The van der Waals surface area contributed by atoms with Crippen LogP contribution in [-0.4, -0.2) is 21.3 Å². The van der Waals surface area contributed by atoms with Crippen LogP contribution in [0.4, 0.5) is 5.69 Å². The molecule has 2 heterocycles. The van der Waals surface area contributed by atoms with Gasteiger partial charge in [-0.25, -0.2) is 4.68 Å². The third-order valence-corrected chi connectivity index (χ3v) is 3.50. The Hall–Kier alpha value is -2.39. The summed E-state index contributed by atoms with van der Waals surface area (Å²) in [7, 11) is 0. The summed E-state index contributed by atoms with van der Waals surface area (Å²) in [5.41, 5.74) is 1.11. The van der Waals surface area contributed by atoms with Gasteiger partial charge >= 0.3 is 0 Å². The molecule has 2 aromatic rings. The lowest BCUT2D eigenvalue weighted by Crippen LogP contribution is -2.19. The Bertz CT molecular complexity index is 708. The highest BCUT2D eigenvalue weighted by molar-refractivity contribution is 5.87. The van der Waals surface area contributed by atoms with E-state index < -0.39 is 4.92 Å². The van der Waals surface area contributed by atoms with E-state index in [4.69, 9.17) is 11.2 Å². The van der Waals surface area contributed by atoms with Crippen LogP contribution in [0.15, 0.2) is 18.3 Å². The van der Waals surface area contributed by atoms with Crippen molar-refractivity contribution < 1.29 is 9.66 Å². The molecule has 1 atom stereocenters. The van der Waals surface area contributed by atoms with E-state index in [0.717, 1.165) is 24.6 Å². The van der Waals surface area contributed by atoms with Crippen LogP contribution in [-0.2, 0) is 4.74 Å². The molecule has 3 rings (SSSR count). The molecule has 102 valence electrons. The molecule has 1 aliphatic heterocycles. The first kappa shape index (κ1) is 12.6. The lowest BCUT2D eigenvalue weighted by molar-refractivity contribution is -0.384. The predicted octanol–water partition coefficient (Wildman–Crippen LogP) is 2.62. The number of hydrogen-bond donors (Lipinski definition) is 0. The molecule has 0 aliphatic carbocycles. The van der Waals surface area contributed by atoms with Gasteiger partial charge in [-0.15, -0.1) is 6.42 Å². The molecule has 1 fully saturated rings. The fourth-order valence-corrected chi connectivity index (χ4v) is 2.50. The molecule has 1 aromatic carbocycles. The molecule has 0 saturated carbocycles. The number of terminal acetylenes is 1. The van der Waals surface area contributed by atoms with Crippen molar-refractivity contribution in [1.29, 1.82) is 0 Å². The second-order valence-electron chi connectivity index (χ2n) is 4.74. The number of ether oxygens (including phenoxy) is 1. The molecule has 1 aromatic heterocycles. The summed E-state index contributed by atoms with van der Waals surface area (Å²) in [6, 6.07) is 2.90. The first-order chi connectivity index (χ1) is 9.70. The molecule has 0 radical (unpaired) electrons. The molecule has 0 bridgehead atoms. The number of benzene rings is 1. The summed E-state index contributed by atoms with van der Waals surface area (Å²) >= 11 is 0. The SMILES string of the molecule is C#Cc1cc([N+](=O)[O-])cc2c1cnn2C1CCCCO1. The first-order valence-electron chi connectivity index (χ1n) is 6.44. The number of aromatic nitrogens is 2. The standard InChI is InChI=1S/C14H13N3O3/c1-2-10-7-11(17(18)19)8-13-12(10)9-15-16(13)14-5-3-4-6-20-14/h1,7-9,14H,3-6H2. The molecule has 1 saturated heterocycles. The largest absolute Gasteiger partial charge is 0.356 e. The molecular weight excluding hydrogens is 258 g/mol. The van der Waals surface area contributed by atoms with Crippen molar-refractivity contribution >= 4 is 16.6 Å². The van der Waals surface area contributed by atoms with Gasteiger partial charge in [0.05, 0.1) is 16.6 Å². The highest BCUT2D eigenvalue weighted by Gasteiger charge is 2.21. The van der Waals surface area contributed by atoms with Crippen molar-refractivity contribution in [2.75, 3.05) is 6.61 Å². The molecule has 6 heteroatoms. The summed E-state index contributed by atoms with van der Waals surface area (Å²) < 4.78 is 7.38. The van der Waals surface area contributed by atoms with E-state index in [-0.39, 0.29) is 11.9 Å². The average molecular weight is 271 g/mol. The quantitative estimate of drug-likeness (QED) is 0.478. The maximum absolute atomic E-state index is 11.0. The van der Waals surface area contributed by atoms with E-state index in [1.54, 1.807) is 10.9 Å². The van der Waals surface area contributed by atoms with E-state index in [1.165, 1.54) is 12.1 Å². The third kappa shape index (κ3) is 2.02. The Morgan fingerprint density at radius 1 is 1.50 bits per heavy atom. The van der Waals surface area contributed by atoms with Crippen molar-refractivity contribution in [3.63, 3.8) is 0 Å². The monoisotopic (exact) mass is 271 g/mol. The highest BCUT2D eigenvalue weighted by Crippen LogP contribution is 2.30. The summed E-state index contributed by atoms with van der Waals surface area (Å²) in [5.74, 6) is 2.48. The van der Waals surface area contributed by atoms with Gasteiger partial charge in [-0.3, -0.25) is 10.1 Å². The second-order valence-corrected chi connectivity index (χ2v) is 4.74. The van der Waals surface area contributed by atoms with Crippen LogP contribution in [0, 0.1) is 22.5 Å². The van der Waals surface area contributed by atoms with Crippen molar-refractivity contribution in [1.82, 2.24) is 9.78 Å². The zero-order valence-electron chi connectivity index (χ0n) is 10.8. The zero-order chi connectivity index (χ0) is 14.1. The van der Waals surface area contributed by atoms with Gasteiger partial charge in [0, 0.05) is 29.7 Å². The van der Waals surface area contributed by atoms with Crippen LogP contribution in [0.1, 0.15) is 31.1 Å². The smallest absolute Gasteiger partial charge is 0.272 e. The fraction of sp³-hybridized carbons (Fsp3) is 0.357. The number of non-ortho nitro benzene ring substituents is 1. The fourth-order valence-electron chi connectivity index (χ4n) is 2.50. The number of nitro benzene ring substituents is 1. The van der Waals surface area contributed by atoms with Gasteiger partial charge < -0.3 is 4.74 Å². The zero-order valence-corrected chi connectivity index (χ0v) is 10.8. The van der Waals surface area contributed by atoms with Gasteiger partial charge in [0.1, 0.15) is 0 Å². The molecular formula is C14H13N3O3. The Labute approximate surface area is 115 Å². The Morgan fingerprint density at radius 3 is 3.00 bits per heavy atom. The van der Waals surface area contributed by atoms with Crippen LogP contribution in [0.25, 0.3) is 10.9 Å². The number of nitrogens with zero attached hydrogens (tertiary/aromatic N) is 3. The number of hydrogen-bond acceptors (Lipinski definition) is 4. The van der Waals surface area contributed by atoms with Gasteiger partial charge in [-0.2, -0.15) is 5.10 Å². The Balaban J connectivity index is 2.17. The minimum Gasteiger partial charge on any atom is -0.356 e.